The van der Waals surface area contributed by atoms with E-state index in [0.717, 1.165) is 0 Å². The molecule has 2 aromatic rings. The number of nitrogens with two attached hydrogens (primary N) is 1. The van der Waals surface area contributed by atoms with Crippen LogP contribution >= 0.6 is 35.4 Å². The molecule has 0 aromatic heterocycles. The van der Waals surface area contributed by atoms with Crippen LogP contribution < -0.4 is 20.7 Å². The molecule has 0 atom stereocenters. The van der Waals surface area contributed by atoms with Crippen molar-refractivity contribution in [1.82, 2.24) is 5.32 Å². The number of para-hydroxylation sites is 1. The molecular formula is C19H13Cl2N3O4S. The molecule has 1 saturated heterocycles. The van der Waals surface area contributed by atoms with Crippen LogP contribution in [-0.4, -0.2) is 29.4 Å². The number of primary amides is 1. The Bertz CT molecular complexity index is 1030. The summed E-state index contributed by atoms with van der Waals surface area (Å²) >= 11 is 17.4. The van der Waals surface area contributed by atoms with Gasteiger partial charge in [0.25, 0.3) is 17.7 Å². The number of thiocarbonyl (C=S) groups is 1. The Morgan fingerprint density at radius 3 is 2.38 bits per heavy atom. The maximum atomic E-state index is 12.9. The largest absolute Gasteiger partial charge is 0.481 e. The van der Waals surface area contributed by atoms with Crippen LogP contribution in [0.1, 0.15) is 5.56 Å². The topological polar surface area (TPSA) is 102 Å². The Morgan fingerprint density at radius 2 is 1.79 bits per heavy atom. The first kappa shape index (κ1) is 20.8. The zero-order chi connectivity index (χ0) is 21.1. The number of hydrogen-bond donors (Lipinski definition) is 2. The number of carbonyl (C=O) groups is 3. The van der Waals surface area contributed by atoms with Gasteiger partial charge >= 0.3 is 0 Å². The Balaban J connectivity index is 1.96. The molecule has 2 aromatic carbocycles. The van der Waals surface area contributed by atoms with Crippen molar-refractivity contribution in [3.05, 3.63) is 63.6 Å². The van der Waals surface area contributed by atoms with Gasteiger partial charge in [0, 0.05) is 0 Å². The number of halogens is 2. The highest BCUT2D eigenvalue weighted by Crippen LogP contribution is 2.35. The summed E-state index contributed by atoms with van der Waals surface area (Å²) in [5, 5.41) is 2.65. The summed E-state index contributed by atoms with van der Waals surface area (Å²) in [6, 6.07) is 11.6. The molecule has 1 fully saturated rings. The number of carbonyl (C=O) groups excluding carboxylic acids is 3. The van der Waals surface area contributed by atoms with Crippen LogP contribution in [0.25, 0.3) is 6.08 Å². The molecule has 0 radical (unpaired) electrons. The van der Waals surface area contributed by atoms with Gasteiger partial charge in [0.1, 0.15) is 5.57 Å². The van der Waals surface area contributed by atoms with Gasteiger partial charge in [-0.2, -0.15) is 0 Å². The summed E-state index contributed by atoms with van der Waals surface area (Å²) in [5.74, 6) is -1.86. The van der Waals surface area contributed by atoms with Gasteiger partial charge in [-0.15, -0.1) is 0 Å². The molecule has 3 N–H and O–H groups in total. The Kier molecular flexibility index (Phi) is 6.17. The van der Waals surface area contributed by atoms with Gasteiger partial charge in [-0.25, -0.2) is 0 Å². The van der Waals surface area contributed by atoms with Crippen molar-refractivity contribution >= 4 is 70.0 Å². The number of anilines is 1. The van der Waals surface area contributed by atoms with Crippen molar-refractivity contribution in [1.29, 1.82) is 0 Å². The number of ether oxygens (including phenoxy) is 1. The molecular weight excluding hydrogens is 437 g/mol. The molecule has 0 aliphatic carbocycles. The lowest BCUT2D eigenvalue weighted by atomic mass is 10.1. The number of hydrogen-bond acceptors (Lipinski definition) is 5. The van der Waals surface area contributed by atoms with Crippen molar-refractivity contribution in [3.63, 3.8) is 0 Å². The molecule has 10 heteroatoms. The van der Waals surface area contributed by atoms with Crippen LogP contribution in [-0.2, 0) is 14.4 Å². The third-order valence-corrected chi connectivity index (χ3v) is 4.65. The number of nitrogens with one attached hydrogen (secondary N) is 1. The number of amides is 3. The van der Waals surface area contributed by atoms with Crippen LogP contribution in [0, 0.1) is 0 Å². The van der Waals surface area contributed by atoms with E-state index in [0.29, 0.717) is 11.3 Å². The number of rotatable bonds is 5. The summed E-state index contributed by atoms with van der Waals surface area (Å²) < 4.78 is 5.17. The lowest BCUT2D eigenvalue weighted by Crippen LogP contribution is -2.54. The van der Waals surface area contributed by atoms with Gasteiger partial charge in [-0.1, -0.05) is 41.4 Å². The van der Waals surface area contributed by atoms with E-state index in [1.54, 1.807) is 30.3 Å². The fourth-order valence-electron chi connectivity index (χ4n) is 2.58. The van der Waals surface area contributed by atoms with Gasteiger partial charge < -0.3 is 10.5 Å². The predicted molar refractivity (Wildman–Crippen MR) is 114 cm³/mol. The maximum absolute atomic E-state index is 12.9. The first-order chi connectivity index (χ1) is 13.8. The molecule has 1 aliphatic heterocycles. The van der Waals surface area contributed by atoms with Crippen LogP contribution in [0.15, 0.2) is 48.0 Å². The first-order valence-corrected chi connectivity index (χ1v) is 9.31. The third kappa shape index (κ3) is 4.56. The molecule has 7 nitrogen and oxygen atoms in total. The van der Waals surface area contributed by atoms with E-state index in [1.807, 2.05) is 0 Å². The predicted octanol–water partition coefficient (Wildman–Crippen LogP) is 2.69. The lowest BCUT2D eigenvalue weighted by molar-refractivity contribution is -0.122. The Morgan fingerprint density at radius 1 is 1.17 bits per heavy atom. The van der Waals surface area contributed by atoms with Crippen LogP contribution in [0.4, 0.5) is 5.69 Å². The van der Waals surface area contributed by atoms with Gasteiger partial charge in [-0.3, -0.25) is 24.6 Å². The van der Waals surface area contributed by atoms with Gasteiger partial charge in [0.05, 0.1) is 15.7 Å². The minimum Gasteiger partial charge on any atom is -0.481 e. The molecule has 0 bridgehead atoms. The van der Waals surface area contributed by atoms with E-state index in [-0.39, 0.29) is 26.5 Å². The maximum Gasteiger partial charge on any atom is 0.270 e. The number of benzene rings is 2. The second-order valence-electron chi connectivity index (χ2n) is 5.86. The third-order valence-electron chi connectivity index (χ3n) is 3.81. The zero-order valence-corrected chi connectivity index (χ0v) is 17.0. The first-order valence-electron chi connectivity index (χ1n) is 8.14. The molecule has 0 spiro atoms. The smallest absolute Gasteiger partial charge is 0.270 e. The van der Waals surface area contributed by atoms with Crippen molar-refractivity contribution in [2.75, 3.05) is 11.5 Å². The van der Waals surface area contributed by atoms with E-state index in [1.165, 1.54) is 23.1 Å². The molecule has 0 unspecified atom stereocenters. The molecule has 3 rings (SSSR count). The molecule has 0 saturated carbocycles. The minimum atomic E-state index is -0.690. The van der Waals surface area contributed by atoms with E-state index >= 15 is 0 Å². The Hall–Kier alpha value is -2.94. The van der Waals surface area contributed by atoms with E-state index < -0.39 is 24.3 Å². The summed E-state index contributed by atoms with van der Waals surface area (Å²) in [6.45, 7) is -0.399. The molecule has 1 heterocycles. The second kappa shape index (κ2) is 8.60. The number of nitrogens with zero attached hydrogens (tertiary/aromatic N) is 1. The molecule has 148 valence electrons. The zero-order valence-electron chi connectivity index (χ0n) is 14.6. The monoisotopic (exact) mass is 449 g/mol. The fourth-order valence-corrected chi connectivity index (χ4v) is 3.47. The average Bonchev–Trinajstić information content (AvgIpc) is 2.65. The Labute approximate surface area is 181 Å². The molecule has 29 heavy (non-hydrogen) atoms. The highest BCUT2D eigenvalue weighted by atomic mass is 35.5. The molecule has 1 aliphatic rings. The van der Waals surface area contributed by atoms with Gasteiger partial charge in [-0.05, 0) is 48.1 Å². The van der Waals surface area contributed by atoms with Crippen molar-refractivity contribution in [2.24, 2.45) is 5.73 Å². The van der Waals surface area contributed by atoms with E-state index in [4.69, 9.17) is 45.9 Å². The SMILES string of the molecule is NC(=O)COc1c(Cl)cc(/C=C2/C(=O)NC(=S)N(c3ccccc3)C2=O)cc1Cl. The second-order valence-corrected chi connectivity index (χ2v) is 7.06. The van der Waals surface area contributed by atoms with Crippen molar-refractivity contribution in [2.45, 2.75) is 0 Å². The highest BCUT2D eigenvalue weighted by molar-refractivity contribution is 7.80. The summed E-state index contributed by atoms with van der Waals surface area (Å²) in [6.07, 6.45) is 1.34. The summed E-state index contributed by atoms with van der Waals surface area (Å²) in [7, 11) is 0. The molecule has 3 amide bonds. The van der Waals surface area contributed by atoms with Gasteiger partial charge in [0.15, 0.2) is 17.5 Å². The van der Waals surface area contributed by atoms with Gasteiger partial charge in [0.2, 0.25) is 0 Å². The standard InChI is InChI=1S/C19H13Cl2N3O4S/c20-13-7-10(8-14(21)16(13)28-9-15(22)25)6-12-17(26)23-19(29)24(18(12)27)11-4-2-1-3-5-11/h1-8H,9H2,(H2,22,25)(H,23,26,29)/b12-6-. The normalized spacial score (nSPS) is 15.4. The van der Waals surface area contributed by atoms with Crippen molar-refractivity contribution in [3.8, 4) is 5.75 Å². The average molecular weight is 450 g/mol. The fraction of sp³-hybridized carbons (Fsp3) is 0.0526. The van der Waals surface area contributed by atoms with Crippen LogP contribution in [0.5, 0.6) is 5.75 Å². The minimum absolute atomic E-state index is 0.0189. The quantitative estimate of drug-likeness (QED) is 0.415. The van der Waals surface area contributed by atoms with Crippen LogP contribution in [0.2, 0.25) is 10.0 Å². The van der Waals surface area contributed by atoms with E-state index in [9.17, 15) is 14.4 Å². The van der Waals surface area contributed by atoms with E-state index in [2.05, 4.69) is 5.32 Å². The lowest BCUT2D eigenvalue weighted by Gasteiger charge is -2.28. The summed E-state index contributed by atoms with van der Waals surface area (Å²) in [4.78, 5) is 37.4. The van der Waals surface area contributed by atoms with Crippen molar-refractivity contribution < 1.29 is 19.1 Å². The highest BCUT2D eigenvalue weighted by Gasteiger charge is 2.34. The summed E-state index contributed by atoms with van der Waals surface area (Å²) in [5.41, 5.74) is 5.78. The van der Waals surface area contributed by atoms with Crippen LogP contribution in [0.3, 0.4) is 0 Å².